The first-order chi connectivity index (χ1) is 37.8. The first-order valence-corrected chi connectivity index (χ1v) is 28.7. The minimum atomic E-state index is -4.71. The molecule has 3 fully saturated rings. The van der Waals surface area contributed by atoms with Gasteiger partial charge in [0.15, 0.2) is 5.82 Å². The number of fused-ring (bicyclic) bond motifs is 4. The molecular weight excluding hydrogens is 1030 g/mol. The second-order valence-electron chi connectivity index (χ2n) is 22.8. The molecule has 3 aromatic heterocycles. The van der Waals surface area contributed by atoms with Gasteiger partial charge >= 0.3 is 7.82 Å². The zero-order valence-electron chi connectivity index (χ0n) is 45.3. The predicted octanol–water partition coefficient (Wildman–Crippen LogP) is 7.08. The molecule has 79 heavy (non-hydrogen) atoms. The van der Waals surface area contributed by atoms with Crippen molar-refractivity contribution in [3.05, 3.63) is 107 Å². The van der Waals surface area contributed by atoms with Crippen LogP contribution in [0, 0.1) is 5.41 Å². The van der Waals surface area contributed by atoms with Crippen LogP contribution in [0.1, 0.15) is 114 Å². The normalized spacial score (nSPS) is 22.5. The molecule has 5 N–H and O–H groups in total. The summed E-state index contributed by atoms with van der Waals surface area (Å²) >= 11 is 0. The minimum absolute atomic E-state index is 0.0607. The average molecular weight is 1100 g/mol. The van der Waals surface area contributed by atoms with Crippen molar-refractivity contribution >= 4 is 65.8 Å². The maximum absolute atomic E-state index is 14.1. The standard InChI is InChI=1S/C57H68N11O10P/c1-7-48(70)61-42-28-36(60-50-52(77-6)59-31-43(62-50)39-15-20-58-51(41(39)33-69)67-26-25-66-46(54(67)72)27-35-29-56(3,4)30-47(35)66)11-12-44(42)65-24-23-64(32-34(65)2)37-16-21-63(22-17-37)45-10-8-9-40-49(45)55(73)68(53(40)71)38-13-18-57(5,19-14-38)78-79(74,75)76/h7-12,15,20,27-28,31,34,37-38,69H,1,13-14,16-19,21-26,29-30,32-33H2,2-6H3,(H,60,62)(H,61,70)(H2,74,75,76)/t34-,38?,57?/m0/s1. The molecule has 1 saturated carbocycles. The molecule has 4 aliphatic heterocycles. The Morgan fingerprint density at radius 3 is 2.37 bits per heavy atom. The number of carbonyl (C=O) groups is 4. The monoisotopic (exact) mass is 1100 g/mol. The van der Waals surface area contributed by atoms with Gasteiger partial charge in [-0.3, -0.25) is 38.4 Å². The van der Waals surface area contributed by atoms with E-state index in [4.69, 9.17) is 14.2 Å². The number of piperidine rings is 1. The number of nitrogens with zero attached hydrogens (tertiary/aromatic N) is 9. The molecule has 5 aromatic rings. The van der Waals surface area contributed by atoms with Crippen LogP contribution in [-0.4, -0.2) is 138 Å². The molecule has 0 bridgehead atoms. The Labute approximate surface area is 458 Å². The number of nitrogens with one attached hydrogen (secondary N) is 2. The summed E-state index contributed by atoms with van der Waals surface area (Å²) in [7, 11) is -3.21. The summed E-state index contributed by atoms with van der Waals surface area (Å²) in [5.74, 6) is -0.331. The summed E-state index contributed by atoms with van der Waals surface area (Å²) in [5, 5.41) is 17.3. The van der Waals surface area contributed by atoms with Crippen molar-refractivity contribution in [1.82, 2.24) is 29.3 Å². The summed E-state index contributed by atoms with van der Waals surface area (Å²) in [6.07, 6.45) is 9.31. The number of anilines is 6. The minimum Gasteiger partial charge on any atom is -0.478 e. The van der Waals surface area contributed by atoms with Crippen molar-refractivity contribution in [3.63, 3.8) is 0 Å². The van der Waals surface area contributed by atoms with E-state index in [0.29, 0.717) is 109 Å². The average Bonchev–Trinajstić information content (AvgIpc) is 4.17. The Bertz CT molecular complexity index is 3320. The maximum atomic E-state index is 14.1. The van der Waals surface area contributed by atoms with Crippen molar-refractivity contribution < 1.29 is 47.9 Å². The van der Waals surface area contributed by atoms with Crippen molar-refractivity contribution in [2.24, 2.45) is 5.41 Å². The van der Waals surface area contributed by atoms with Crippen molar-refractivity contribution in [2.45, 2.75) is 116 Å². The summed E-state index contributed by atoms with van der Waals surface area (Å²) in [6, 6.07) is 14.9. The van der Waals surface area contributed by atoms with E-state index >= 15 is 0 Å². The van der Waals surface area contributed by atoms with Crippen LogP contribution in [0.4, 0.5) is 34.4 Å². The van der Waals surface area contributed by atoms with Gasteiger partial charge in [0.25, 0.3) is 23.6 Å². The summed E-state index contributed by atoms with van der Waals surface area (Å²) in [5.41, 5.74) is 7.15. The van der Waals surface area contributed by atoms with Crippen LogP contribution in [0.3, 0.4) is 0 Å². The predicted molar refractivity (Wildman–Crippen MR) is 298 cm³/mol. The Morgan fingerprint density at radius 1 is 0.886 bits per heavy atom. The SMILES string of the molecule is C=CC(=O)Nc1cc(Nc2nc(-c3ccnc(N4CCn5c(cc6c5CC(C)(C)C6)C4=O)c3CO)cnc2OC)ccc1N1CCN(C2CCN(c3cccc4c3C(=O)N(C3CCC(C)(OP(=O)(O)O)CC3)C4=O)CC2)C[C@@H]1C. The van der Waals surface area contributed by atoms with Crippen LogP contribution in [0.2, 0.25) is 0 Å². The first kappa shape index (κ1) is 54.0. The number of carbonyl (C=O) groups excluding carboxylic acids is 4. The summed E-state index contributed by atoms with van der Waals surface area (Å²) < 4.78 is 24.5. The molecule has 2 aromatic carbocycles. The number of phosphoric acid groups is 1. The third-order valence-corrected chi connectivity index (χ3v) is 17.6. The molecule has 0 spiro atoms. The highest BCUT2D eigenvalue weighted by molar-refractivity contribution is 7.46. The zero-order valence-corrected chi connectivity index (χ0v) is 46.2. The van der Waals surface area contributed by atoms with E-state index in [9.17, 15) is 38.6 Å². The number of phosphoric ester groups is 1. The molecule has 21 nitrogen and oxygen atoms in total. The Morgan fingerprint density at radius 2 is 1.66 bits per heavy atom. The number of hydrogen-bond donors (Lipinski definition) is 5. The third kappa shape index (κ3) is 10.3. The van der Waals surface area contributed by atoms with Crippen molar-refractivity contribution in [2.75, 3.05) is 71.7 Å². The fourth-order valence-electron chi connectivity index (χ4n) is 13.1. The molecular formula is C57H68N11O10P. The van der Waals surface area contributed by atoms with E-state index in [-0.39, 0.29) is 52.8 Å². The van der Waals surface area contributed by atoms with Gasteiger partial charge in [0, 0.05) is 92.6 Å². The number of imide groups is 1. The number of aromatic nitrogens is 4. The van der Waals surface area contributed by atoms with E-state index in [0.717, 1.165) is 50.1 Å². The number of benzene rings is 2. The fourth-order valence-corrected chi connectivity index (χ4v) is 13.9. The van der Waals surface area contributed by atoms with Gasteiger partial charge < -0.3 is 44.6 Å². The van der Waals surface area contributed by atoms with Gasteiger partial charge in [0.05, 0.1) is 59.4 Å². The highest BCUT2D eigenvalue weighted by Crippen LogP contribution is 2.48. The van der Waals surface area contributed by atoms with Gasteiger partial charge in [-0.05, 0) is 125 Å². The molecule has 4 amide bonds. The number of hydrogen-bond acceptors (Lipinski definition) is 15. The Balaban J connectivity index is 0.756. The van der Waals surface area contributed by atoms with Gasteiger partial charge in [-0.25, -0.2) is 19.5 Å². The molecule has 6 aliphatic rings. The van der Waals surface area contributed by atoms with Gasteiger partial charge in [-0.15, -0.1) is 0 Å². The second-order valence-corrected chi connectivity index (χ2v) is 24.0. The van der Waals surface area contributed by atoms with Crippen LogP contribution in [0.15, 0.2) is 73.6 Å². The van der Waals surface area contributed by atoms with Crippen LogP contribution in [0.25, 0.3) is 11.3 Å². The van der Waals surface area contributed by atoms with Gasteiger partial charge in [0.1, 0.15) is 11.5 Å². The molecule has 0 unspecified atom stereocenters. The van der Waals surface area contributed by atoms with Gasteiger partial charge in [-0.1, -0.05) is 26.5 Å². The number of piperazine rings is 1. The molecule has 22 heteroatoms. The van der Waals surface area contributed by atoms with Crippen LogP contribution >= 0.6 is 7.82 Å². The molecule has 7 heterocycles. The van der Waals surface area contributed by atoms with Gasteiger partial charge in [-0.2, -0.15) is 0 Å². The molecule has 416 valence electrons. The zero-order chi connectivity index (χ0) is 55.7. The fraction of sp³-hybridized carbons (Fsp3) is 0.456. The summed E-state index contributed by atoms with van der Waals surface area (Å²) in [6.45, 7) is 16.3. The number of methoxy groups -OCH3 is 1. The van der Waals surface area contributed by atoms with E-state index in [1.165, 1.54) is 29.3 Å². The largest absolute Gasteiger partial charge is 0.478 e. The topological polar surface area (TPSA) is 248 Å². The second kappa shape index (κ2) is 20.9. The lowest BCUT2D eigenvalue weighted by atomic mass is 9.83. The number of rotatable bonds is 14. The summed E-state index contributed by atoms with van der Waals surface area (Å²) in [4.78, 5) is 98.1. The first-order valence-electron chi connectivity index (χ1n) is 27.2. The lowest BCUT2D eigenvalue weighted by Gasteiger charge is -2.47. The molecule has 1 atom stereocenters. The number of pyridine rings is 1. The quantitative estimate of drug-likeness (QED) is 0.0423. The van der Waals surface area contributed by atoms with E-state index < -0.39 is 26.1 Å². The molecule has 11 rings (SSSR count). The van der Waals surface area contributed by atoms with E-state index in [1.807, 2.05) is 36.4 Å². The molecule has 2 aliphatic carbocycles. The van der Waals surface area contributed by atoms with E-state index in [2.05, 4.69) is 67.2 Å². The Hall–Kier alpha value is -7.00. The highest BCUT2D eigenvalue weighted by Gasteiger charge is 2.47. The lowest BCUT2D eigenvalue weighted by molar-refractivity contribution is -0.111. The number of amides is 4. The van der Waals surface area contributed by atoms with Crippen LogP contribution < -0.4 is 30.1 Å². The van der Waals surface area contributed by atoms with Crippen molar-refractivity contribution in [1.29, 1.82) is 0 Å². The number of aliphatic hydroxyl groups excluding tert-OH is 1. The third-order valence-electron chi connectivity index (χ3n) is 16.9. The van der Waals surface area contributed by atoms with E-state index in [1.54, 1.807) is 36.4 Å². The maximum Gasteiger partial charge on any atom is 0.470 e. The number of ether oxygens (including phenoxy) is 1. The van der Waals surface area contributed by atoms with Crippen molar-refractivity contribution in [3.8, 4) is 17.1 Å². The lowest BCUT2D eigenvalue weighted by Crippen LogP contribution is -2.57. The number of aliphatic hydroxyl groups is 1. The molecule has 0 radical (unpaired) electrons. The molecule has 2 saturated heterocycles. The van der Waals surface area contributed by atoms with Crippen LogP contribution in [0.5, 0.6) is 5.88 Å². The Kier molecular flexibility index (Phi) is 14.3. The highest BCUT2D eigenvalue weighted by atomic mass is 31.2. The smallest absolute Gasteiger partial charge is 0.470 e. The van der Waals surface area contributed by atoms with Crippen LogP contribution in [-0.2, 0) is 39.9 Å². The van der Waals surface area contributed by atoms with Gasteiger partial charge in [0.2, 0.25) is 5.91 Å².